The molecule has 0 saturated carbocycles. The molecule has 1 aromatic carbocycles. The second-order valence-electron chi connectivity index (χ2n) is 5.22. The molecular formula is C17H26BNO2. The predicted molar refractivity (Wildman–Crippen MR) is 87.5 cm³/mol. The van der Waals surface area contributed by atoms with Gasteiger partial charge in [-0.2, -0.15) is 5.26 Å². The van der Waals surface area contributed by atoms with Crippen LogP contribution in [-0.4, -0.2) is 20.3 Å². The first-order valence-electron chi connectivity index (χ1n) is 8.05. The second-order valence-corrected chi connectivity index (χ2v) is 5.22. The lowest BCUT2D eigenvalue weighted by Gasteiger charge is -2.15. The highest BCUT2D eigenvalue weighted by Gasteiger charge is 2.21. The SMILES string of the molecule is CCCCCOB(OCCCCC)c1cccc(C#N)c1. The Kier molecular flexibility index (Phi) is 9.60. The van der Waals surface area contributed by atoms with Crippen molar-refractivity contribution in [2.24, 2.45) is 0 Å². The Labute approximate surface area is 129 Å². The lowest BCUT2D eigenvalue weighted by Crippen LogP contribution is -2.37. The lowest BCUT2D eigenvalue weighted by molar-refractivity contribution is 0.200. The average Bonchev–Trinajstić information content (AvgIpc) is 2.53. The number of unbranched alkanes of at least 4 members (excludes halogenated alkanes) is 4. The first-order valence-corrected chi connectivity index (χ1v) is 8.05. The van der Waals surface area contributed by atoms with Crippen molar-refractivity contribution in [2.75, 3.05) is 13.2 Å². The van der Waals surface area contributed by atoms with Gasteiger partial charge in [0, 0.05) is 13.2 Å². The van der Waals surface area contributed by atoms with E-state index in [1.807, 2.05) is 18.2 Å². The Hall–Kier alpha value is -1.31. The summed E-state index contributed by atoms with van der Waals surface area (Å²) >= 11 is 0. The zero-order valence-corrected chi connectivity index (χ0v) is 13.3. The van der Waals surface area contributed by atoms with E-state index < -0.39 is 0 Å². The number of nitrogens with zero attached hydrogens (tertiary/aromatic N) is 1. The molecule has 0 aliphatic rings. The predicted octanol–water partition coefficient (Wildman–Crippen LogP) is 3.67. The van der Waals surface area contributed by atoms with Gasteiger partial charge in [-0.15, -0.1) is 0 Å². The van der Waals surface area contributed by atoms with Crippen LogP contribution in [0, 0.1) is 11.3 Å². The van der Waals surface area contributed by atoms with Crippen LogP contribution < -0.4 is 5.46 Å². The minimum Gasteiger partial charge on any atom is -0.407 e. The maximum absolute atomic E-state index is 9.00. The summed E-state index contributed by atoms with van der Waals surface area (Å²) in [6, 6.07) is 9.66. The van der Waals surface area contributed by atoms with Crippen LogP contribution in [0.1, 0.15) is 57.9 Å². The minimum absolute atomic E-state index is 0.355. The summed E-state index contributed by atoms with van der Waals surface area (Å²) in [4.78, 5) is 0. The van der Waals surface area contributed by atoms with Gasteiger partial charge in [0.15, 0.2) is 0 Å². The highest BCUT2D eigenvalue weighted by atomic mass is 16.6. The van der Waals surface area contributed by atoms with Gasteiger partial charge in [-0.25, -0.2) is 0 Å². The lowest BCUT2D eigenvalue weighted by atomic mass is 9.78. The molecule has 0 spiro atoms. The van der Waals surface area contributed by atoms with Crippen LogP contribution in [0.3, 0.4) is 0 Å². The van der Waals surface area contributed by atoms with Gasteiger partial charge in [-0.3, -0.25) is 0 Å². The van der Waals surface area contributed by atoms with Gasteiger partial charge in [0.05, 0.1) is 11.6 Å². The molecule has 0 heterocycles. The van der Waals surface area contributed by atoms with Gasteiger partial charge in [0.1, 0.15) is 0 Å². The molecule has 0 aliphatic carbocycles. The summed E-state index contributed by atoms with van der Waals surface area (Å²) in [5.41, 5.74) is 1.58. The molecule has 21 heavy (non-hydrogen) atoms. The van der Waals surface area contributed by atoms with E-state index in [4.69, 9.17) is 14.6 Å². The third-order valence-electron chi connectivity index (χ3n) is 3.32. The molecule has 0 fully saturated rings. The van der Waals surface area contributed by atoms with Crippen LogP contribution >= 0.6 is 0 Å². The fourth-order valence-corrected chi connectivity index (χ4v) is 2.08. The minimum atomic E-state index is -0.355. The highest BCUT2D eigenvalue weighted by molar-refractivity contribution is 6.61. The molecule has 1 aromatic rings. The zero-order chi connectivity index (χ0) is 15.3. The summed E-state index contributed by atoms with van der Waals surface area (Å²) in [6.07, 6.45) is 6.78. The number of hydrogen-bond acceptors (Lipinski definition) is 3. The van der Waals surface area contributed by atoms with E-state index in [0.717, 1.165) is 18.3 Å². The normalized spacial score (nSPS) is 10.3. The van der Waals surface area contributed by atoms with Gasteiger partial charge in [0.25, 0.3) is 0 Å². The third-order valence-corrected chi connectivity index (χ3v) is 3.32. The van der Waals surface area contributed by atoms with Crippen LogP contribution in [0.2, 0.25) is 0 Å². The van der Waals surface area contributed by atoms with Crippen molar-refractivity contribution in [1.29, 1.82) is 5.26 Å². The summed E-state index contributed by atoms with van der Waals surface area (Å²) in [6.45, 7) is 5.75. The molecule has 0 amide bonds. The summed E-state index contributed by atoms with van der Waals surface area (Å²) in [5, 5.41) is 9.00. The van der Waals surface area contributed by atoms with Crippen molar-refractivity contribution in [2.45, 2.75) is 52.4 Å². The fraction of sp³-hybridized carbons (Fsp3) is 0.588. The molecule has 3 nitrogen and oxygen atoms in total. The quantitative estimate of drug-likeness (QED) is 0.460. The van der Waals surface area contributed by atoms with Crippen LogP contribution in [-0.2, 0) is 9.31 Å². The summed E-state index contributed by atoms with van der Waals surface area (Å²) in [7, 11) is -0.355. The highest BCUT2D eigenvalue weighted by Crippen LogP contribution is 2.03. The number of nitriles is 1. The Bertz CT molecular complexity index is 419. The fourth-order valence-electron chi connectivity index (χ4n) is 2.08. The first kappa shape index (κ1) is 17.7. The zero-order valence-electron chi connectivity index (χ0n) is 13.3. The van der Waals surface area contributed by atoms with Gasteiger partial charge < -0.3 is 9.31 Å². The number of benzene rings is 1. The second kappa shape index (κ2) is 11.4. The van der Waals surface area contributed by atoms with E-state index in [-0.39, 0.29) is 7.12 Å². The van der Waals surface area contributed by atoms with Gasteiger partial charge >= 0.3 is 7.12 Å². The van der Waals surface area contributed by atoms with E-state index in [2.05, 4.69) is 19.9 Å². The average molecular weight is 287 g/mol. The molecule has 1 rings (SSSR count). The third kappa shape index (κ3) is 7.31. The largest absolute Gasteiger partial charge is 0.493 e. The topological polar surface area (TPSA) is 42.2 Å². The Balaban J connectivity index is 2.58. The van der Waals surface area contributed by atoms with Gasteiger partial charge in [-0.05, 0) is 30.4 Å². The van der Waals surface area contributed by atoms with E-state index in [1.165, 1.54) is 25.7 Å². The molecule has 0 atom stereocenters. The van der Waals surface area contributed by atoms with Crippen LogP contribution in [0.4, 0.5) is 0 Å². The molecule has 0 N–H and O–H groups in total. The number of hydrogen-bond donors (Lipinski definition) is 0. The van der Waals surface area contributed by atoms with Crippen LogP contribution in [0.5, 0.6) is 0 Å². The first-order chi connectivity index (χ1) is 10.3. The van der Waals surface area contributed by atoms with Crippen LogP contribution in [0.15, 0.2) is 24.3 Å². The smallest absolute Gasteiger partial charge is 0.407 e. The molecule has 0 saturated heterocycles. The standard InChI is InChI=1S/C17H26BNO2/c1-3-5-7-12-20-18(21-13-8-6-4-2)17-11-9-10-16(14-17)15-19/h9-11,14H,3-8,12-13H2,1-2H3. The Morgan fingerprint density at radius 3 is 2.14 bits per heavy atom. The summed E-state index contributed by atoms with van der Waals surface area (Å²) in [5.74, 6) is 0. The van der Waals surface area contributed by atoms with E-state index >= 15 is 0 Å². The van der Waals surface area contributed by atoms with Gasteiger partial charge in [0.2, 0.25) is 0 Å². The molecule has 0 radical (unpaired) electrons. The molecule has 0 aliphatic heterocycles. The molecule has 0 aromatic heterocycles. The number of rotatable bonds is 11. The summed E-state index contributed by atoms with van der Waals surface area (Å²) < 4.78 is 11.8. The van der Waals surface area contributed by atoms with Crippen molar-refractivity contribution in [1.82, 2.24) is 0 Å². The monoisotopic (exact) mass is 287 g/mol. The van der Waals surface area contributed by atoms with Crippen molar-refractivity contribution in [3.63, 3.8) is 0 Å². The molecular weight excluding hydrogens is 261 g/mol. The maximum Gasteiger partial charge on any atom is 0.493 e. The van der Waals surface area contributed by atoms with Crippen molar-refractivity contribution in [3.8, 4) is 6.07 Å². The molecule has 114 valence electrons. The van der Waals surface area contributed by atoms with Crippen molar-refractivity contribution < 1.29 is 9.31 Å². The van der Waals surface area contributed by atoms with E-state index in [0.29, 0.717) is 18.8 Å². The molecule has 0 bridgehead atoms. The van der Waals surface area contributed by atoms with Gasteiger partial charge in [-0.1, -0.05) is 51.7 Å². The van der Waals surface area contributed by atoms with E-state index in [9.17, 15) is 0 Å². The van der Waals surface area contributed by atoms with E-state index in [1.54, 1.807) is 6.07 Å². The Morgan fingerprint density at radius 1 is 1.00 bits per heavy atom. The molecule has 4 heteroatoms. The Morgan fingerprint density at radius 2 is 1.62 bits per heavy atom. The maximum atomic E-state index is 9.00. The van der Waals surface area contributed by atoms with Crippen LogP contribution in [0.25, 0.3) is 0 Å². The van der Waals surface area contributed by atoms with Crippen molar-refractivity contribution >= 4 is 12.6 Å². The molecule has 0 unspecified atom stereocenters. The van der Waals surface area contributed by atoms with Crippen molar-refractivity contribution in [3.05, 3.63) is 29.8 Å².